The fraction of sp³-hybridized carbons (Fsp3) is 0.440. The number of thiazole rings is 1. The lowest BCUT2D eigenvalue weighted by molar-refractivity contribution is -0.255. The molecule has 1 saturated heterocycles. The van der Waals surface area contributed by atoms with Gasteiger partial charge in [-0.1, -0.05) is 23.5 Å². The zero-order chi connectivity index (χ0) is 29.8. The van der Waals surface area contributed by atoms with Crippen LogP contribution in [0, 0.1) is 0 Å². The Labute approximate surface area is 239 Å². The highest BCUT2D eigenvalue weighted by Crippen LogP contribution is 2.25. The summed E-state index contributed by atoms with van der Waals surface area (Å²) in [7, 11) is 0. The van der Waals surface area contributed by atoms with E-state index in [0.29, 0.717) is 79.9 Å². The third-order valence-corrected chi connectivity index (χ3v) is 6.85. The van der Waals surface area contributed by atoms with Gasteiger partial charge in [-0.25, -0.2) is 4.98 Å². The zero-order valence-electron chi connectivity index (χ0n) is 22.3. The van der Waals surface area contributed by atoms with Crippen LogP contribution in [-0.2, 0) is 27.2 Å². The second kappa shape index (κ2) is 15.4. The second-order valence-electron chi connectivity index (χ2n) is 8.97. The first-order chi connectivity index (χ1) is 19.6. The molecule has 0 spiro atoms. The number of aryl methyl sites for hydroxylation is 2. The van der Waals surface area contributed by atoms with Gasteiger partial charge in [0.25, 0.3) is 5.91 Å². The summed E-state index contributed by atoms with van der Waals surface area (Å²) < 4.78 is 5.25. The van der Waals surface area contributed by atoms with E-state index in [1.807, 2.05) is 10.6 Å². The first-order valence-corrected chi connectivity index (χ1v) is 13.6. The fourth-order valence-electron chi connectivity index (χ4n) is 3.94. The number of morpholine rings is 1. The number of rotatable bonds is 13. The largest absolute Gasteiger partial charge is 0.530 e. The summed E-state index contributed by atoms with van der Waals surface area (Å²) >= 11 is 1.06. The van der Waals surface area contributed by atoms with Crippen molar-refractivity contribution in [1.82, 2.24) is 25.8 Å². The number of nitrogens with one attached hydrogen (secondary N) is 5. The van der Waals surface area contributed by atoms with Crippen LogP contribution in [0.3, 0.4) is 0 Å². The average Bonchev–Trinajstić information content (AvgIpc) is 3.32. The van der Waals surface area contributed by atoms with Gasteiger partial charge in [-0.3, -0.25) is 14.4 Å². The monoisotopic (exact) mass is 589 g/mol. The predicted octanol–water partition coefficient (Wildman–Crippen LogP) is -1.18. The molecule has 0 radical (unpaired) electrons. The van der Waals surface area contributed by atoms with Gasteiger partial charge in [0, 0.05) is 38.7 Å². The van der Waals surface area contributed by atoms with Gasteiger partial charge in [-0.2, -0.15) is 0 Å². The molecule has 5 amide bonds. The zero-order valence-corrected chi connectivity index (χ0v) is 23.1. The van der Waals surface area contributed by atoms with Gasteiger partial charge in [0.05, 0.1) is 18.9 Å². The Morgan fingerprint density at radius 2 is 1.68 bits per heavy atom. The maximum absolute atomic E-state index is 12.9. The second-order valence-corrected chi connectivity index (χ2v) is 9.97. The molecule has 2 heterocycles. The highest BCUT2D eigenvalue weighted by molar-refractivity contribution is 7.17. The van der Waals surface area contributed by atoms with Crippen LogP contribution in [0.25, 0.3) is 0 Å². The highest BCUT2D eigenvalue weighted by atomic mass is 32.1. The van der Waals surface area contributed by atoms with Crippen LogP contribution in [-0.4, -0.2) is 78.9 Å². The van der Waals surface area contributed by atoms with Gasteiger partial charge in [-0.05, 0) is 37.0 Å². The molecule has 0 unspecified atom stereocenters. The van der Waals surface area contributed by atoms with Crippen LogP contribution in [0.2, 0.25) is 0 Å². The first kappa shape index (κ1) is 31.1. The summed E-state index contributed by atoms with van der Waals surface area (Å²) in [6.45, 7) is 3.84. The van der Waals surface area contributed by atoms with Gasteiger partial charge in [0.2, 0.25) is 11.8 Å². The van der Waals surface area contributed by atoms with Crippen molar-refractivity contribution in [2.24, 2.45) is 0 Å². The molecule has 1 aliphatic heterocycles. The van der Waals surface area contributed by atoms with E-state index in [1.54, 1.807) is 29.2 Å². The van der Waals surface area contributed by atoms with E-state index in [1.165, 1.54) is 6.92 Å². The summed E-state index contributed by atoms with van der Waals surface area (Å²) in [5.74, 6) is -0.642. The van der Waals surface area contributed by atoms with Gasteiger partial charge < -0.3 is 56.0 Å². The number of hydrogen-bond donors (Lipinski definition) is 5. The summed E-state index contributed by atoms with van der Waals surface area (Å²) in [4.78, 5) is 64.8. The lowest BCUT2D eigenvalue weighted by Crippen LogP contribution is -2.58. The maximum atomic E-state index is 12.9. The Bertz CT molecular complexity index is 1220. The lowest BCUT2D eigenvalue weighted by atomic mass is 10.1. The molecule has 1 aromatic carbocycles. The van der Waals surface area contributed by atoms with E-state index in [0.717, 1.165) is 16.9 Å². The average molecular weight is 590 g/mol. The van der Waals surface area contributed by atoms with E-state index >= 15 is 0 Å². The first-order valence-electron chi connectivity index (χ1n) is 12.8. The lowest BCUT2D eigenvalue weighted by Gasteiger charge is -2.26. The molecule has 15 nitrogen and oxygen atoms in total. The number of aromatic nitrogens is 1. The summed E-state index contributed by atoms with van der Waals surface area (Å²) in [6, 6.07) is 6.71. The molecule has 0 bridgehead atoms. The molecule has 1 fully saturated rings. The van der Waals surface area contributed by atoms with Gasteiger partial charge in [0.1, 0.15) is 17.1 Å². The van der Waals surface area contributed by atoms with Crippen LogP contribution >= 0.6 is 11.3 Å². The van der Waals surface area contributed by atoms with Crippen LogP contribution in [0.1, 0.15) is 40.7 Å². The number of nitrogens with zero attached hydrogens (tertiary/aromatic N) is 2. The molecule has 0 aliphatic carbocycles. The number of benzene rings is 1. The van der Waals surface area contributed by atoms with Crippen LogP contribution in [0.5, 0.6) is 0 Å². The number of carboxylic acid groups (broad SMARTS) is 2. The van der Waals surface area contributed by atoms with E-state index < -0.39 is 18.5 Å². The third-order valence-electron chi connectivity index (χ3n) is 5.84. The molecule has 2 aromatic rings. The highest BCUT2D eigenvalue weighted by Gasteiger charge is 2.20. The van der Waals surface area contributed by atoms with Gasteiger partial charge >= 0.3 is 0 Å². The Kier molecular flexibility index (Phi) is 11.7. The molecule has 1 aromatic heterocycles. The fourth-order valence-corrected chi connectivity index (χ4v) is 4.91. The van der Waals surface area contributed by atoms with Crippen LogP contribution in [0.15, 0.2) is 24.3 Å². The van der Waals surface area contributed by atoms with Crippen LogP contribution in [0.4, 0.5) is 20.4 Å². The van der Waals surface area contributed by atoms with Crippen molar-refractivity contribution in [3.05, 3.63) is 40.4 Å². The number of ether oxygens (including phenoxy) is 1. The Morgan fingerprint density at radius 3 is 2.29 bits per heavy atom. The van der Waals surface area contributed by atoms with Crippen molar-refractivity contribution in [2.45, 2.75) is 38.9 Å². The SMILES string of the molecule is CC(=O)Nc1nc(CCc2ccc(NC(NC(=O)[O-])NC(=O)[O-])cc2)c(C(=O)NCCCC(=O)N2CCOCC2)s1. The topological polar surface area (TPSA) is 217 Å². The molecular formula is C25H31N7O8S-2. The number of carbonyl (C=O) groups is 5. The standard InChI is InChI=1S/C25H33N7O8S/c1-15(33)27-23-29-18(20(41-23)21(35)26-10-2-3-19(34)32-11-13-40-14-12-32)9-6-16-4-7-17(8-5-16)28-22(30-24(36)37)31-25(38)39/h4-5,7-8,22,28,30-31H,2-3,6,9-14H2,1H3,(H,26,35)(H,36,37)(H,38,39)(H,27,29,33)/p-2. The summed E-state index contributed by atoms with van der Waals surface area (Å²) in [5.41, 5.74) is 1.77. The molecule has 1 aliphatic rings. The van der Waals surface area contributed by atoms with E-state index in [-0.39, 0.29) is 17.7 Å². The smallest absolute Gasteiger partial charge is 0.263 e. The van der Waals surface area contributed by atoms with E-state index in [9.17, 15) is 34.2 Å². The molecule has 5 N–H and O–H groups in total. The molecule has 0 saturated carbocycles. The van der Waals surface area contributed by atoms with Crippen LogP contribution < -0.4 is 36.8 Å². The minimum Gasteiger partial charge on any atom is -0.530 e. The molecule has 0 atom stereocenters. The van der Waals surface area contributed by atoms with Crippen molar-refractivity contribution in [3.63, 3.8) is 0 Å². The third kappa shape index (κ3) is 10.6. The molecular weight excluding hydrogens is 558 g/mol. The minimum absolute atomic E-state index is 0.0241. The summed E-state index contributed by atoms with van der Waals surface area (Å²) in [6.07, 6.45) is -3.10. The number of carbonyl (C=O) groups excluding carboxylic acids is 5. The molecule has 222 valence electrons. The Hall–Kier alpha value is -4.44. The minimum atomic E-state index is -1.68. The maximum Gasteiger partial charge on any atom is 0.263 e. The number of amides is 5. The van der Waals surface area contributed by atoms with Gasteiger partial charge in [-0.15, -0.1) is 0 Å². The van der Waals surface area contributed by atoms with Crippen molar-refractivity contribution < 1.29 is 38.9 Å². The van der Waals surface area contributed by atoms with Crippen molar-refractivity contribution in [2.75, 3.05) is 43.5 Å². The van der Waals surface area contributed by atoms with E-state index in [2.05, 4.69) is 20.9 Å². The predicted molar refractivity (Wildman–Crippen MR) is 144 cm³/mol. The Balaban J connectivity index is 1.57. The van der Waals surface area contributed by atoms with Crippen molar-refractivity contribution >= 4 is 52.1 Å². The molecule has 3 rings (SSSR count). The number of anilines is 2. The normalized spacial score (nSPS) is 12.9. The summed E-state index contributed by atoms with van der Waals surface area (Å²) in [5, 5.41) is 33.6. The van der Waals surface area contributed by atoms with Gasteiger partial charge in [0.15, 0.2) is 11.4 Å². The number of hydrogen-bond acceptors (Lipinski definition) is 11. The van der Waals surface area contributed by atoms with Crippen molar-refractivity contribution in [1.29, 1.82) is 0 Å². The molecule has 16 heteroatoms. The quantitative estimate of drug-likeness (QED) is 0.139. The molecule has 41 heavy (non-hydrogen) atoms. The van der Waals surface area contributed by atoms with Crippen molar-refractivity contribution in [3.8, 4) is 0 Å². The van der Waals surface area contributed by atoms with E-state index in [4.69, 9.17) is 4.74 Å². The Morgan fingerprint density at radius 1 is 1.02 bits per heavy atom.